The number of likely N-dealkylation sites (tertiary alicyclic amines) is 1. The summed E-state index contributed by atoms with van der Waals surface area (Å²) in [4.78, 5) is 37.8. The van der Waals surface area contributed by atoms with Crippen LogP contribution in [0.2, 0.25) is 0 Å². The van der Waals surface area contributed by atoms with Crippen molar-refractivity contribution >= 4 is 11.7 Å². The second-order valence-corrected chi connectivity index (χ2v) is 8.46. The number of Topliss-reactive ketones (excluding diaryl/α,β-unsaturated/α-hetero) is 1. The fourth-order valence-electron chi connectivity index (χ4n) is 4.32. The maximum Gasteiger partial charge on any atom is 0.236 e. The summed E-state index contributed by atoms with van der Waals surface area (Å²) in [7, 11) is 0. The molecule has 1 unspecified atom stereocenters. The van der Waals surface area contributed by atoms with Gasteiger partial charge in [0, 0.05) is 55.3 Å². The summed E-state index contributed by atoms with van der Waals surface area (Å²) < 4.78 is 0. The van der Waals surface area contributed by atoms with Gasteiger partial charge in [-0.15, -0.1) is 0 Å². The van der Waals surface area contributed by atoms with E-state index in [2.05, 4.69) is 20.9 Å². The highest BCUT2D eigenvalue weighted by molar-refractivity contribution is 5.97. The monoisotopic (exact) mass is 392 g/mol. The third-order valence-corrected chi connectivity index (χ3v) is 5.95. The fourth-order valence-corrected chi connectivity index (χ4v) is 4.32. The SMILES string of the molecule is CC(C)C(=O)c1cccc(C2CCCN(C(=O)CN3Cc4cncnc4C3)C2)c1. The highest BCUT2D eigenvalue weighted by Gasteiger charge is 2.28. The number of hydrogen-bond donors (Lipinski definition) is 0. The van der Waals surface area contributed by atoms with Gasteiger partial charge in [-0.25, -0.2) is 9.97 Å². The molecule has 1 aromatic carbocycles. The summed E-state index contributed by atoms with van der Waals surface area (Å²) in [6.07, 6.45) is 5.45. The van der Waals surface area contributed by atoms with Gasteiger partial charge in [0.25, 0.3) is 0 Å². The molecule has 0 bridgehead atoms. The Morgan fingerprint density at radius 3 is 2.90 bits per heavy atom. The lowest BCUT2D eigenvalue weighted by Crippen LogP contribution is -2.43. The number of fused-ring (bicyclic) bond motifs is 1. The number of piperidine rings is 1. The Morgan fingerprint density at radius 2 is 2.10 bits per heavy atom. The molecule has 0 radical (unpaired) electrons. The summed E-state index contributed by atoms with van der Waals surface area (Å²) in [5.74, 6) is 0.621. The van der Waals surface area contributed by atoms with Crippen molar-refractivity contribution in [3.63, 3.8) is 0 Å². The summed E-state index contributed by atoms with van der Waals surface area (Å²) >= 11 is 0. The van der Waals surface area contributed by atoms with Gasteiger partial charge in [-0.1, -0.05) is 32.0 Å². The van der Waals surface area contributed by atoms with Gasteiger partial charge in [-0.3, -0.25) is 14.5 Å². The number of aromatic nitrogens is 2. The third-order valence-electron chi connectivity index (χ3n) is 5.95. The van der Waals surface area contributed by atoms with Crippen LogP contribution in [0.4, 0.5) is 0 Å². The van der Waals surface area contributed by atoms with Gasteiger partial charge >= 0.3 is 0 Å². The molecule has 0 N–H and O–H groups in total. The van der Waals surface area contributed by atoms with Crippen LogP contribution in [0, 0.1) is 5.92 Å². The lowest BCUT2D eigenvalue weighted by molar-refractivity contribution is -0.133. The molecule has 4 rings (SSSR count). The topological polar surface area (TPSA) is 66.4 Å². The number of carbonyl (C=O) groups excluding carboxylic acids is 2. The fraction of sp³-hybridized carbons (Fsp3) is 0.478. The number of ketones is 1. The van der Waals surface area contributed by atoms with Gasteiger partial charge in [0.1, 0.15) is 6.33 Å². The van der Waals surface area contributed by atoms with Crippen LogP contribution < -0.4 is 0 Å². The van der Waals surface area contributed by atoms with Crippen molar-refractivity contribution < 1.29 is 9.59 Å². The molecule has 6 heteroatoms. The second-order valence-electron chi connectivity index (χ2n) is 8.46. The molecule has 2 aromatic rings. The van der Waals surface area contributed by atoms with Crippen LogP contribution in [-0.4, -0.2) is 51.1 Å². The smallest absolute Gasteiger partial charge is 0.236 e. The predicted octanol–water partition coefficient (Wildman–Crippen LogP) is 3.04. The van der Waals surface area contributed by atoms with Gasteiger partial charge in [-0.2, -0.15) is 0 Å². The summed E-state index contributed by atoms with van der Waals surface area (Å²) in [5.41, 5.74) is 4.08. The Kier molecular flexibility index (Phi) is 5.72. The largest absolute Gasteiger partial charge is 0.341 e. The molecule has 1 amide bonds. The number of rotatable bonds is 5. The van der Waals surface area contributed by atoms with Crippen molar-refractivity contribution in [3.05, 3.63) is 59.2 Å². The normalized spacial score (nSPS) is 19.4. The van der Waals surface area contributed by atoms with E-state index in [1.807, 2.05) is 43.1 Å². The number of hydrogen-bond acceptors (Lipinski definition) is 5. The van der Waals surface area contributed by atoms with E-state index in [0.29, 0.717) is 13.1 Å². The van der Waals surface area contributed by atoms with E-state index in [9.17, 15) is 9.59 Å². The van der Waals surface area contributed by atoms with Crippen molar-refractivity contribution in [2.75, 3.05) is 19.6 Å². The van der Waals surface area contributed by atoms with Crippen molar-refractivity contribution in [2.24, 2.45) is 5.92 Å². The molecule has 6 nitrogen and oxygen atoms in total. The number of benzene rings is 1. The van der Waals surface area contributed by atoms with Crippen LogP contribution in [0.15, 0.2) is 36.8 Å². The molecule has 0 saturated carbocycles. The summed E-state index contributed by atoms with van der Waals surface area (Å²) in [5, 5.41) is 0. The Morgan fingerprint density at radius 1 is 1.24 bits per heavy atom. The van der Waals surface area contributed by atoms with Crippen molar-refractivity contribution in [2.45, 2.75) is 45.7 Å². The maximum absolute atomic E-state index is 12.9. The minimum absolute atomic E-state index is 0.0102. The van der Waals surface area contributed by atoms with Crippen LogP contribution in [0.25, 0.3) is 0 Å². The first-order chi connectivity index (χ1) is 14.0. The molecule has 3 heterocycles. The van der Waals surface area contributed by atoms with E-state index in [0.717, 1.165) is 54.9 Å². The van der Waals surface area contributed by atoms with Gasteiger partial charge in [0.05, 0.1) is 12.2 Å². The molecule has 1 fully saturated rings. The first kappa shape index (κ1) is 19.7. The molecule has 2 aliphatic rings. The van der Waals surface area contributed by atoms with Crippen LogP contribution >= 0.6 is 0 Å². The van der Waals surface area contributed by atoms with Crippen molar-refractivity contribution in [3.8, 4) is 0 Å². The van der Waals surface area contributed by atoms with E-state index in [-0.39, 0.29) is 23.5 Å². The molecule has 152 valence electrons. The predicted molar refractivity (Wildman–Crippen MR) is 110 cm³/mol. The first-order valence-electron chi connectivity index (χ1n) is 10.4. The minimum atomic E-state index is -0.0102. The van der Waals surface area contributed by atoms with E-state index in [1.165, 1.54) is 0 Å². The first-order valence-corrected chi connectivity index (χ1v) is 10.4. The molecule has 1 saturated heterocycles. The molecule has 0 aliphatic carbocycles. The molecular weight excluding hydrogens is 364 g/mol. The number of nitrogens with zero attached hydrogens (tertiary/aromatic N) is 4. The standard InChI is InChI=1S/C23H28N4O2/c1-16(2)23(29)18-6-3-5-17(9-18)19-7-4-8-27(12-19)22(28)14-26-11-20-10-24-15-25-21(20)13-26/h3,5-6,9-10,15-16,19H,4,7-8,11-14H2,1-2H3. The quantitative estimate of drug-likeness (QED) is 0.732. The Labute approximate surface area is 172 Å². The highest BCUT2D eigenvalue weighted by Crippen LogP contribution is 2.28. The molecule has 29 heavy (non-hydrogen) atoms. The minimum Gasteiger partial charge on any atom is -0.341 e. The average Bonchev–Trinajstić information content (AvgIpc) is 3.15. The summed E-state index contributed by atoms with van der Waals surface area (Å²) in [6.45, 7) is 7.24. The van der Waals surface area contributed by atoms with Crippen molar-refractivity contribution in [1.82, 2.24) is 19.8 Å². The maximum atomic E-state index is 12.9. The Balaban J connectivity index is 1.39. The second kappa shape index (κ2) is 8.41. The molecule has 1 atom stereocenters. The molecular formula is C23H28N4O2. The van der Waals surface area contributed by atoms with Crippen LogP contribution in [0.5, 0.6) is 0 Å². The summed E-state index contributed by atoms with van der Waals surface area (Å²) in [6, 6.07) is 7.97. The van der Waals surface area contributed by atoms with E-state index < -0.39 is 0 Å². The van der Waals surface area contributed by atoms with Gasteiger partial charge in [-0.05, 0) is 24.5 Å². The van der Waals surface area contributed by atoms with Crippen LogP contribution in [0.1, 0.15) is 59.8 Å². The van der Waals surface area contributed by atoms with Crippen LogP contribution in [-0.2, 0) is 17.9 Å². The molecule has 2 aliphatic heterocycles. The number of amides is 1. The third kappa shape index (κ3) is 4.37. The Bertz CT molecular complexity index is 886. The van der Waals surface area contributed by atoms with Gasteiger partial charge in [0.15, 0.2) is 5.78 Å². The van der Waals surface area contributed by atoms with Crippen molar-refractivity contribution in [1.29, 1.82) is 0 Å². The zero-order valence-electron chi connectivity index (χ0n) is 17.2. The van der Waals surface area contributed by atoms with Crippen LogP contribution in [0.3, 0.4) is 0 Å². The zero-order chi connectivity index (χ0) is 20.4. The lowest BCUT2D eigenvalue weighted by Gasteiger charge is -2.34. The van der Waals surface area contributed by atoms with Gasteiger partial charge in [0.2, 0.25) is 5.91 Å². The number of carbonyl (C=O) groups is 2. The van der Waals surface area contributed by atoms with E-state index >= 15 is 0 Å². The molecule has 1 aromatic heterocycles. The molecule has 0 spiro atoms. The zero-order valence-corrected chi connectivity index (χ0v) is 17.2. The highest BCUT2D eigenvalue weighted by atomic mass is 16.2. The lowest BCUT2D eigenvalue weighted by atomic mass is 9.88. The Hall–Kier alpha value is -2.60. The van der Waals surface area contributed by atoms with E-state index in [1.54, 1.807) is 6.33 Å². The van der Waals surface area contributed by atoms with Gasteiger partial charge < -0.3 is 4.90 Å². The average molecular weight is 393 g/mol. The van der Waals surface area contributed by atoms with E-state index in [4.69, 9.17) is 0 Å².